The zero-order chi connectivity index (χ0) is 46.9. The van der Waals surface area contributed by atoms with Crippen molar-refractivity contribution in [1.29, 1.82) is 0 Å². The lowest BCUT2D eigenvalue weighted by atomic mass is 10.0. The van der Waals surface area contributed by atoms with E-state index in [9.17, 15) is 68.4 Å². The van der Waals surface area contributed by atoms with Crippen molar-refractivity contribution in [2.24, 2.45) is 5.92 Å². The van der Waals surface area contributed by atoms with Crippen LogP contribution in [0.3, 0.4) is 0 Å². The molecule has 19 nitrogen and oxygen atoms in total. The molecule has 19 heteroatoms. The van der Waals surface area contributed by atoms with Gasteiger partial charge in [-0.2, -0.15) is 0 Å². The van der Waals surface area contributed by atoms with Gasteiger partial charge in [0.05, 0.1) is 0 Å². The molecule has 0 aliphatic heterocycles. The summed E-state index contributed by atoms with van der Waals surface area (Å²) in [6.07, 6.45) is 14.3. The first-order valence-electron chi connectivity index (χ1n) is 22.2. The summed E-state index contributed by atoms with van der Waals surface area (Å²) < 4.78 is 0. The number of hydrogen-bond donors (Lipinski definition) is 9. The van der Waals surface area contributed by atoms with Crippen molar-refractivity contribution in [3.05, 3.63) is 0 Å². The molecular formula is C43H72N4O15. The summed E-state index contributed by atoms with van der Waals surface area (Å²) in [4.78, 5) is 119. The van der Waals surface area contributed by atoms with Crippen LogP contribution in [-0.2, 0) is 47.9 Å². The number of rotatable bonds is 40. The Labute approximate surface area is 364 Å². The maximum atomic E-state index is 12.6. The van der Waals surface area contributed by atoms with Gasteiger partial charge >= 0.3 is 29.8 Å². The predicted octanol–water partition coefficient (Wildman–Crippen LogP) is 4.72. The molecule has 0 aliphatic carbocycles. The molecule has 0 aromatic carbocycles. The highest BCUT2D eigenvalue weighted by Gasteiger charge is 2.27. The van der Waals surface area contributed by atoms with Crippen molar-refractivity contribution in [3.8, 4) is 0 Å². The fraction of sp³-hybridized carbons (Fsp3) is 0.767. The maximum absolute atomic E-state index is 12.6. The number of carboxylic acids is 5. The van der Waals surface area contributed by atoms with Gasteiger partial charge in [-0.15, -0.1) is 0 Å². The standard InChI is InChI=1S/C43H72N4O15/c1-29(2)34(48)25-21-30(40(55)56)45-36(50)27-23-32(42(59)60)47-38(52)28-24-33(43(61)62)46-37(51)26-22-31(41(57)58)44-35(49)19-17-15-13-11-9-7-5-3-4-6-8-10-12-14-16-18-20-39(53)54/h29-33H,3-28H2,1-2H3,(H,44,49)(H,45,50)(H,46,51)(H,47,52)(H,53,54)(H,55,56)(H,57,58)(H,59,60)(H,61,62)/t30-,31-,32-,33-/m0/s1. The van der Waals surface area contributed by atoms with Crippen LogP contribution in [0.4, 0.5) is 0 Å². The minimum atomic E-state index is -1.59. The van der Waals surface area contributed by atoms with Gasteiger partial charge in [0.2, 0.25) is 23.6 Å². The minimum absolute atomic E-state index is 0.0881. The van der Waals surface area contributed by atoms with Crippen LogP contribution in [0.5, 0.6) is 0 Å². The molecule has 0 spiro atoms. The SMILES string of the molecule is CC(C)C(=O)CC[C@H](NC(=O)CC[C@H](NC(=O)CC[C@H](NC(=O)CC[C@H](NC(=O)CCCCCCCCCCCCCCCCCCC(=O)O)C(=O)O)C(=O)O)C(=O)O)C(=O)O. The van der Waals surface area contributed by atoms with Gasteiger partial charge in [0.1, 0.15) is 30.0 Å². The van der Waals surface area contributed by atoms with Gasteiger partial charge in [-0.05, 0) is 38.5 Å². The molecule has 354 valence electrons. The first kappa shape index (κ1) is 56.9. The van der Waals surface area contributed by atoms with E-state index in [2.05, 4.69) is 21.3 Å². The second kappa shape index (κ2) is 34.5. The lowest BCUT2D eigenvalue weighted by Crippen LogP contribution is -2.45. The van der Waals surface area contributed by atoms with Crippen molar-refractivity contribution in [3.63, 3.8) is 0 Å². The molecule has 0 aromatic rings. The fourth-order valence-corrected chi connectivity index (χ4v) is 6.53. The molecule has 0 aliphatic rings. The highest BCUT2D eigenvalue weighted by molar-refractivity contribution is 5.88. The lowest BCUT2D eigenvalue weighted by molar-refractivity contribution is -0.144. The molecule has 0 unspecified atom stereocenters. The number of amides is 4. The van der Waals surface area contributed by atoms with Crippen LogP contribution in [0.1, 0.15) is 181 Å². The summed E-state index contributed by atoms with van der Waals surface area (Å²) in [5.74, 6) is -10.1. The quantitative estimate of drug-likeness (QED) is 0.0376. The monoisotopic (exact) mass is 884 g/mol. The third-order valence-electron chi connectivity index (χ3n) is 10.4. The number of ketones is 1. The normalized spacial score (nSPS) is 13.0. The zero-order valence-corrected chi connectivity index (χ0v) is 36.6. The Morgan fingerprint density at radius 2 is 0.548 bits per heavy atom. The van der Waals surface area contributed by atoms with E-state index in [1.807, 2.05) is 0 Å². The molecule has 0 bridgehead atoms. The van der Waals surface area contributed by atoms with E-state index in [4.69, 9.17) is 5.11 Å². The first-order chi connectivity index (χ1) is 29.3. The highest BCUT2D eigenvalue weighted by Crippen LogP contribution is 2.15. The molecule has 0 aromatic heterocycles. The molecule has 0 fully saturated rings. The van der Waals surface area contributed by atoms with Gasteiger partial charge in [-0.3, -0.25) is 28.8 Å². The predicted molar refractivity (Wildman–Crippen MR) is 226 cm³/mol. The van der Waals surface area contributed by atoms with Crippen molar-refractivity contribution >= 4 is 59.3 Å². The van der Waals surface area contributed by atoms with Crippen LogP contribution in [-0.4, -0.2) is 109 Å². The number of carbonyl (C=O) groups excluding carboxylic acids is 5. The molecule has 0 saturated heterocycles. The molecule has 9 N–H and O–H groups in total. The van der Waals surface area contributed by atoms with E-state index >= 15 is 0 Å². The molecule has 0 rings (SSSR count). The van der Waals surface area contributed by atoms with Crippen molar-refractivity contribution in [2.75, 3.05) is 0 Å². The van der Waals surface area contributed by atoms with Crippen LogP contribution in [0.25, 0.3) is 0 Å². The van der Waals surface area contributed by atoms with E-state index in [1.165, 1.54) is 38.5 Å². The number of nitrogens with one attached hydrogen (secondary N) is 4. The average molecular weight is 885 g/mol. The summed E-state index contributed by atoms with van der Waals surface area (Å²) in [5, 5.41) is 55.7. The highest BCUT2D eigenvalue weighted by atomic mass is 16.4. The lowest BCUT2D eigenvalue weighted by Gasteiger charge is -2.18. The van der Waals surface area contributed by atoms with E-state index in [0.717, 1.165) is 57.8 Å². The summed E-state index contributed by atoms with van der Waals surface area (Å²) in [6, 6.07) is -5.96. The van der Waals surface area contributed by atoms with Crippen molar-refractivity contribution in [1.82, 2.24) is 21.3 Å². The second-order valence-electron chi connectivity index (χ2n) is 16.2. The largest absolute Gasteiger partial charge is 0.481 e. The Morgan fingerprint density at radius 3 is 0.790 bits per heavy atom. The van der Waals surface area contributed by atoms with E-state index in [-0.39, 0.29) is 43.8 Å². The topological polar surface area (TPSA) is 320 Å². The summed E-state index contributed by atoms with van der Waals surface area (Å²) in [6.45, 7) is 3.30. The van der Waals surface area contributed by atoms with Crippen LogP contribution in [0.2, 0.25) is 0 Å². The zero-order valence-electron chi connectivity index (χ0n) is 36.6. The third kappa shape index (κ3) is 30.9. The average Bonchev–Trinajstić information content (AvgIpc) is 3.19. The Morgan fingerprint density at radius 1 is 0.323 bits per heavy atom. The first-order valence-corrected chi connectivity index (χ1v) is 22.2. The summed E-state index contributed by atoms with van der Waals surface area (Å²) in [5.41, 5.74) is 0. The van der Waals surface area contributed by atoms with Crippen molar-refractivity contribution < 1.29 is 73.5 Å². The Kier molecular flexibility index (Phi) is 31.6. The number of unbranched alkanes of at least 4 members (excludes halogenated alkanes) is 15. The van der Waals surface area contributed by atoms with Gasteiger partial charge in [-0.1, -0.05) is 104 Å². The molecule has 0 heterocycles. The number of carboxylic acid groups (broad SMARTS) is 5. The van der Waals surface area contributed by atoms with Gasteiger partial charge < -0.3 is 46.8 Å². The number of aliphatic carboxylic acids is 5. The van der Waals surface area contributed by atoms with E-state index in [0.29, 0.717) is 6.42 Å². The van der Waals surface area contributed by atoms with Crippen molar-refractivity contribution in [2.45, 2.75) is 205 Å². The third-order valence-corrected chi connectivity index (χ3v) is 10.4. The Balaban J connectivity index is 4.45. The molecule has 0 saturated carbocycles. The van der Waals surface area contributed by atoms with Gasteiger partial charge in [0.25, 0.3) is 0 Å². The second-order valence-corrected chi connectivity index (χ2v) is 16.2. The molecule has 0 radical (unpaired) electrons. The number of Topliss-reactive ketones (excluding diaryl/α,β-unsaturated/α-hetero) is 1. The van der Waals surface area contributed by atoms with Crippen LogP contribution < -0.4 is 21.3 Å². The summed E-state index contributed by atoms with van der Waals surface area (Å²) in [7, 11) is 0. The maximum Gasteiger partial charge on any atom is 0.326 e. The van der Waals surface area contributed by atoms with Gasteiger partial charge in [-0.25, -0.2) is 19.2 Å². The number of hydrogen-bond acceptors (Lipinski definition) is 10. The Bertz CT molecular complexity index is 1440. The molecular weight excluding hydrogens is 812 g/mol. The smallest absolute Gasteiger partial charge is 0.326 e. The van der Waals surface area contributed by atoms with Crippen LogP contribution in [0.15, 0.2) is 0 Å². The minimum Gasteiger partial charge on any atom is -0.481 e. The van der Waals surface area contributed by atoms with Crippen LogP contribution in [0, 0.1) is 5.92 Å². The van der Waals surface area contributed by atoms with E-state index in [1.54, 1.807) is 13.8 Å². The van der Waals surface area contributed by atoms with Gasteiger partial charge in [0, 0.05) is 44.4 Å². The van der Waals surface area contributed by atoms with Crippen LogP contribution >= 0.6 is 0 Å². The molecule has 4 atom stereocenters. The van der Waals surface area contributed by atoms with Gasteiger partial charge in [0.15, 0.2) is 0 Å². The number of carbonyl (C=O) groups is 10. The molecule has 4 amide bonds. The van der Waals surface area contributed by atoms with E-state index < -0.39 is 110 Å². The Hall–Kier alpha value is -5.10. The summed E-state index contributed by atoms with van der Waals surface area (Å²) >= 11 is 0. The molecule has 62 heavy (non-hydrogen) atoms. The fourth-order valence-electron chi connectivity index (χ4n) is 6.53.